The third-order valence-corrected chi connectivity index (χ3v) is 5.05. The molecule has 1 aliphatic rings. The van der Waals surface area contributed by atoms with Crippen molar-refractivity contribution in [3.8, 4) is 0 Å². The van der Waals surface area contributed by atoms with Crippen LogP contribution in [0.25, 0.3) is 0 Å². The highest BCUT2D eigenvalue weighted by Crippen LogP contribution is 2.38. The van der Waals surface area contributed by atoms with Gasteiger partial charge >= 0.3 is 0 Å². The highest BCUT2D eigenvalue weighted by molar-refractivity contribution is 4.92. The molecule has 2 nitrogen and oxygen atoms in total. The first-order valence-corrected chi connectivity index (χ1v) is 8.38. The molecule has 1 saturated carbocycles. The van der Waals surface area contributed by atoms with Crippen LogP contribution in [-0.4, -0.2) is 30.1 Å². The van der Waals surface area contributed by atoms with Crippen LogP contribution >= 0.6 is 0 Å². The van der Waals surface area contributed by atoms with Crippen molar-refractivity contribution in [3.05, 3.63) is 0 Å². The van der Waals surface area contributed by atoms with E-state index in [1.54, 1.807) is 0 Å². The monoisotopic (exact) mass is 268 g/mol. The van der Waals surface area contributed by atoms with Crippen LogP contribution < -0.4 is 5.73 Å². The van der Waals surface area contributed by atoms with E-state index in [1.165, 1.54) is 51.6 Å². The Morgan fingerprint density at radius 1 is 1.26 bits per heavy atom. The molecule has 0 radical (unpaired) electrons. The van der Waals surface area contributed by atoms with E-state index < -0.39 is 0 Å². The van der Waals surface area contributed by atoms with Gasteiger partial charge in [-0.05, 0) is 51.0 Å². The zero-order valence-corrected chi connectivity index (χ0v) is 13.9. The average Bonchev–Trinajstić information content (AvgIpc) is 2.33. The number of nitrogens with two attached hydrogens (primary N) is 1. The van der Waals surface area contributed by atoms with E-state index in [0.717, 1.165) is 0 Å². The van der Waals surface area contributed by atoms with Crippen LogP contribution in [0.3, 0.4) is 0 Å². The Labute approximate surface area is 121 Å². The molecule has 19 heavy (non-hydrogen) atoms. The van der Waals surface area contributed by atoms with Gasteiger partial charge in [-0.15, -0.1) is 0 Å². The molecule has 0 saturated heterocycles. The predicted octanol–water partition coefficient (Wildman–Crippen LogP) is 4.04. The molecule has 0 aromatic heterocycles. The quantitative estimate of drug-likeness (QED) is 0.706. The number of rotatable bonds is 7. The van der Waals surface area contributed by atoms with Crippen molar-refractivity contribution in [2.75, 3.05) is 13.1 Å². The predicted molar refractivity (Wildman–Crippen MR) is 85.3 cm³/mol. The van der Waals surface area contributed by atoms with Crippen LogP contribution in [-0.2, 0) is 0 Å². The Hall–Kier alpha value is -0.0800. The van der Waals surface area contributed by atoms with Gasteiger partial charge in [0.2, 0.25) is 0 Å². The fourth-order valence-electron chi connectivity index (χ4n) is 3.44. The standard InChI is InChI=1S/C17H36N2/c1-6-7-8-12-19(14(2)3)13-15-10-9-11-17(4,5)16(15)18/h14-16H,6-13,18H2,1-5H3. The normalized spacial score (nSPS) is 27.2. The first-order valence-electron chi connectivity index (χ1n) is 8.38. The second kappa shape index (κ2) is 7.64. The Morgan fingerprint density at radius 3 is 2.53 bits per heavy atom. The molecule has 1 aliphatic carbocycles. The fourth-order valence-corrected chi connectivity index (χ4v) is 3.44. The Morgan fingerprint density at radius 2 is 1.95 bits per heavy atom. The molecule has 2 unspecified atom stereocenters. The van der Waals surface area contributed by atoms with Gasteiger partial charge in [0.15, 0.2) is 0 Å². The SMILES string of the molecule is CCCCCN(CC1CCCC(C)(C)C1N)C(C)C. The van der Waals surface area contributed by atoms with Gasteiger partial charge in [-0.3, -0.25) is 0 Å². The molecule has 0 aromatic rings. The lowest BCUT2D eigenvalue weighted by atomic mass is 9.68. The highest BCUT2D eigenvalue weighted by atomic mass is 15.1. The van der Waals surface area contributed by atoms with Crippen LogP contribution in [0.2, 0.25) is 0 Å². The third-order valence-electron chi connectivity index (χ3n) is 5.05. The molecule has 0 aliphatic heterocycles. The summed E-state index contributed by atoms with van der Waals surface area (Å²) in [4.78, 5) is 2.65. The zero-order chi connectivity index (χ0) is 14.5. The summed E-state index contributed by atoms with van der Waals surface area (Å²) in [5, 5.41) is 0. The zero-order valence-electron chi connectivity index (χ0n) is 13.9. The van der Waals surface area contributed by atoms with Gasteiger partial charge in [-0.2, -0.15) is 0 Å². The van der Waals surface area contributed by atoms with Gasteiger partial charge in [-0.25, -0.2) is 0 Å². The molecule has 0 bridgehead atoms. The van der Waals surface area contributed by atoms with Gasteiger partial charge in [-0.1, -0.05) is 40.0 Å². The molecular formula is C17H36N2. The molecule has 2 N–H and O–H groups in total. The van der Waals surface area contributed by atoms with Crippen LogP contribution in [0.5, 0.6) is 0 Å². The first-order chi connectivity index (χ1) is 8.88. The second-order valence-electron chi connectivity index (χ2n) is 7.46. The van der Waals surface area contributed by atoms with Crippen molar-refractivity contribution < 1.29 is 0 Å². The number of unbranched alkanes of at least 4 members (excludes halogenated alkanes) is 2. The van der Waals surface area contributed by atoms with E-state index in [2.05, 4.69) is 39.5 Å². The van der Waals surface area contributed by atoms with Crippen molar-refractivity contribution in [3.63, 3.8) is 0 Å². The van der Waals surface area contributed by atoms with Gasteiger partial charge < -0.3 is 10.6 Å². The Balaban J connectivity index is 2.53. The summed E-state index contributed by atoms with van der Waals surface area (Å²) in [5.74, 6) is 0.688. The summed E-state index contributed by atoms with van der Waals surface area (Å²) in [6, 6.07) is 1.02. The van der Waals surface area contributed by atoms with E-state index in [4.69, 9.17) is 5.73 Å². The lowest BCUT2D eigenvalue weighted by Crippen LogP contribution is -2.51. The fraction of sp³-hybridized carbons (Fsp3) is 1.00. The smallest absolute Gasteiger partial charge is 0.0131 e. The Kier molecular flexibility index (Phi) is 6.82. The maximum absolute atomic E-state index is 6.53. The Bertz CT molecular complexity index is 248. The number of hydrogen-bond donors (Lipinski definition) is 1. The van der Waals surface area contributed by atoms with Gasteiger partial charge in [0.25, 0.3) is 0 Å². The van der Waals surface area contributed by atoms with E-state index in [-0.39, 0.29) is 0 Å². The average molecular weight is 268 g/mol. The molecule has 2 atom stereocenters. The van der Waals surface area contributed by atoms with E-state index in [9.17, 15) is 0 Å². The molecule has 0 aromatic carbocycles. The topological polar surface area (TPSA) is 29.3 Å². The van der Waals surface area contributed by atoms with Crippen molar-refractivity contribution in [2.24, 2.45) is 17.1 Å². The summed E-state index contributed by atoms with van der Waals surface area (Å²) in [6.45, 7) is 14.1. The summed E-state index contributed by atoms with van der Waals surface area (Å²) in [7, 11) is 0. The van der Waals surface area contributed by atoms with Gasteiger partial charge in [0.05, 0.1) is 0 Å². The summed E-state index contributed by atoms with van der Waals surface area (Å²) >= 11 is 0. The lowest BCUT2D eigenvalue weighted by molar-refractivity contribution is 0.0890. The maximum atomic E-state index is 6.53. The lowest BCUT2D eigenvalue weighted by Gasteiger charge is -2.44. The maximum Gasteiger partial charge on any atom is 0.0131 e. The first kappa shape index (κ1) is 17.0. The van der Waals surface area contributed by atoms with Gasteiger partial charge in [0.1, 0.15) is 0 Å². The molecule has 1 rings (SSSR count). The summed E-state index contributed by atoms with van der Waals surface area (Å²) < 4.78 is 0. The number of hydrogen-bond acceptors (Lipinski definition) is 2. The molecule has 0 amide bonds. The molecule has 1 fully saturated rings. The van der Waals surface area contributed by atoms with Crippen molar-refractivity contribution in [1.29, 1.82) is 0 Å². The van der Waals surface area contributed by atoms with E-state index in [1.807, 2.05) is 0 Å². The summed E-state index contributed by atoms with van der Waals surface area (Å²) in [5.41, 5.74) is 6.86. The third kappa shape index (κ3) is 5.07. The van der Waals surface area contributed by atoms with Crippen LogP contribution in [0.15, 0.2) is 0 Å². The van der Waals surface area contributed by atoms with Crippen LogP contribution in [0, 0.1) is 11.3 Å². The van der Waals surface area contributed by atoms with Gasteiger partial charge in [0, 0.05) is 18.6 Å². The molecule has 0 spiro atoms. The van der Waals surface area contributed by atoms with E-state index >= 15 is 0 Å². The van der Waals surface area contributed by atoms with Crippen molar-refractivity contribution in [1.82, 2.24) is 4.90 Å². The minimum absolute atomic E-state index is 0.328. The van der Waals surface area contributed by atoms with E-state index in [0.29, 0.717) is 23.4 Å². The molecule has 114 valence electrons. The highest BCUT2D eigenvalue weighted by Gasteiger charge is 2.37. The molecular weight excluding hydrogens is 232 g/mol. The largest absolute Gasteiger partial charge is 0.327 e. The van der Waals surface area contributed by atoms with Crippen LogP contribution in [0.1, 0.15) is 73.1 Å². The minimum atomic E-state index is 0.328. The second-order valence-corrected chi connectivity index (χ2v) is 7.46. The minimum Gasteiger partial charge on any atom is -0.327 e. The summed E-state index contributed by atoms with van der Waals surface area (Å²) in [6.07, 6.45) is 7.96. The van der Waals surface area contributed by atoms with Crippen molar-refractivity contribution >= 4 is 0 Å². The molecule has 0 heterocycles. The molecule has 2 heteroatoms. The van der Waals surface area contributed by atoms with Crippen LogP contribution in [0.4, 0.5) is 0 Å². The van der Waals surface area contributed by atoms with Crippen molar-refractivity contribution in [2.45, 2.75) is 85.2 Å². The number of nitrogens with zero attached hydrogens (tertiary/aromatic N) is 1.